The quantitative estimate of drug-likeness (QED) is 0.586. The van der Waals surface area contributed by atoms with Crippen LogP contribution in [0.15, 0.2) is 36.6 Å². The van der Waals surface area contributed by atoms with Crippen molar-refractivity contribution in [2.24, 2.45) is 5.92 Å². The zero-order valence-electron chi connectivity index (χ0n) is 14.9. The highest BCUT2D eigenvalue weighted by Crippen LogP contribution is 2.43. The number of hydrogen-bond donors (Lipinski definition) is 0. The lowest BCUT2D eigenvalue weighted by atomic mass is 9.72. The fraction of sp³-hybridized carbons (Fsp3) is 0.381. The summed E-state index contributed by atoms with van der Waals surface area (Å²) in [5.74, 6) is 5.86. The largest absolute Gasteiger partial charge is 0.381 e. The number of Topliss-reactive ketones (excluding diaryl/α,β-unsaturated/α-hetero) is 1. The summed E-state index contributed by atoms with van der Waals surface area (Å²) in [7, 11) is 3.91. The van der Waals surface area contributed by atoms with Gasteiger partial charge in [0.1, 0.15) is 5.78 Å². The van der Waals surface area contributed by atoms with Gasteiger partial charge in [-0.15, -0.1) is 5.92 Å². The Labute approximate surface area is 150 Å². The Morgan fingerprint density at radius 3 is 2.50 bits per heavy atom. The standard InChI is InChI=1S/C21H24ClNO/c1-7-8-16-9-13(2)20(18(22)11-16)21-14(3)10-17(12-19(21)24)15(4)23(5)6/h9,11,17,21H,3-4,10,12H2,1-2,5-6H3. The summed E-state index contributed by atoms with van der Waals surface area (Å²) in [4.78, 5) is 14.8. The molecular weight excluding hydrogens is 318 g/mol. The van der Waals surface area contributed by atoms with Crippen molar-refractivity contribution in [1.29, 1.82) is 0 Å². The predicted octanol–water partition coefficient (Wildman–Crippen LogP) is 4.71. The van der Waals surface area contributed by atoms with E-state index in [0.717, 1.165) is 34.4 Å². The second kappa shape index (κ2) is 7.28. The second-order valence-electron chi connectivity index (χ2n) is 6.61. The number of hydrogen-bond acceptors (Lipinski definition) is 2. The molecule has 2 nitrogen and oxygen atoms in total. The first-order chi connectivity index (χ1) is 11.3. The van der Waals surface area contributed by atoms with Crippen molar-refractivity contribution in [3.05, 3.63) is 58.3 Å². The number of allylic oxidation sites excluding steroid dienone is 2. The lowest BCUT2D eigenvalue weighted by molar-refractivity contribution is -0.121. The molecule has 1 aliphatic carbocycles. The molecule has 1 aromatic carbocycles. The molecule has 0 amide bonds. The summed E-state index contributed by atoms with van der Waals surface area (Å²) < 4.78 is 0. The summed E-state index contributed by atoms with van der Waals surface area (Å²) in [5, 5.41) is 0.595. The zero-order chi connectivity index (χ0) is 18.0. The third kappa shape index (κ3) is 3.57. The fourth-order valence-electron chi connectivity index (χ4n) is 3.40. The average molecular weight is 342 g/mol. The summed E-state index contributed by atoms with van der Waals surface area (Å²) in [5.41, 5.74) is 4.63. The maximum absolute atomic E-state index is 12.9. The van der Waals surface area contributed by atoms with Gasteiger partial charge in [-0.1, -0.05) is 36.3 Å². The minimum absolute atomic E-state index is 0.126. The number of aryl methyl sites for hydroxylation is 1. The van der Waals surface area contributed by atoms with Crippen LogP contribution in [-0.4, -0.2) is 24.8 Å². The number of nitrogens with zero attached hydrogens (tertiary/aromatic N) is 1. The second-order valence-corrected chi connectivity index (χ2v) is 7.02. The van der Waals surface area contributed by atoms with Gasteiger partial charge in [0.15, 0.2) is 0 Å². The van der Waals surface area contributed by atoms with Crippen molar-refractivity contribution >= 4 is 17.4 Å². The summed E-state index contributed by atoms with van der Waals surface area (Å²) >= 11 is 6.50. The van der Waals surface area contributed by atoms with Gasteiger partial charge < -0.3 is 4.90 Å². The van der Waals surface area contributed by atoms with E-state index in [1.807, 2.05) is 38.1 Å². The fourth-order valence-corrected chi connectivity index (χ4v) is 3.77. The Morgan fingerprint density at radius 1 is 1.33 bits per heavy atom. The van der Waals surface area contributed by atoms with Gasteiger partial charge in [-0.3, -0.25) is 4.79 Å². The van der Waals surface area contributed by atoms with Crippen LogP contribution in [0, 0.1) is 24.7 Å². The lowest BCUT2D eigenvalue weighted by Gasteiger charge is -2.34. The van der Waals surface area contributed by atoms with E-state index in [-0.39, 0.29) is 17.6 Å². The van der Waals surface area contributed by atoms with E-state index in [1.54, 1.807) is 6.92 Å². The molecular formula is C21H24ClNO. The third-order valence-corrected chi connectivity index (χ3v) is 4.94. The van der Waals surface area contributed by atoms with E-state index < -0.39 is 0 Å². The van der Waals surface area contributed by atoms with E-state index in [0.29, 0.717) is 11.4 Å². The summed E-state index contributed by atoms with van der Waals surface area (Å²) in [6.07, 6.45) is 1.24. The van der Waals surface area contributed by atoms with Crippen molar-refractivity contribution in [1.82, 2.24) is 4.90 Å². The SMILES string of the molecule is C=C1CC(C(=C)N(C)C)CC(=O)C1c1c(C)cc(C#CC)cc1Cl. The number of halogens is 1. The zero-order valence-corrected chi connectivity index (χ0v) is 15.6. The first-order valence-corrected chi connectivity index (χ1v) is 8.43. The van der Waals surface area contributed by atoms with Gasteiger partial charge in [0.2, 0.25) is 0 Å². The minimum Gasteiger partial charge on any atom is -0.381 e. The van der Waals surface area contributed by atoms with E-state index >= 15 is 0 Å². The molecule has 2 unspecified atom stereocenters. The minimum atomic E-state index is -0.327. The highest BCUT2D eigenvalue weighted by molar-refractivity contribution is 6.32. The smallest absolute Gasteiger partial charge is 0.145 e. The molecule has 0 aliphatic heterocycles. The van der Waals surface area contributed by atoms with E-state index in [1.165, 1.54) is 0 Å². The molecule has 1 aliphatic rings. The molecule has 1 saturated carbocycles. The highest BCUT2D eigenvalue weighted by atomic mass is 35.5. The number of carbonyl (C=O) groups excluding carboxylic acids is 1. The Kier molecular flexibility index (Phi) is 5.57. The Balaban J connectivity index is 2.37. The molecule has 1 aromatic rings. The highest BCUT2D eigenvalue weighted by Gasteiger charge is 2.35. The van der Waals surface area contributed by atoms with Crippen LogP contribution in [0.4, 0.5) is 0 Å². The van der Waals surface area contributed by atoms with Crippen LogP contribution in [0.1, 0.15) is 42.4 Å². The van der Waals surface area contributed by atoms with Crippen molar-refractivity contribution in [2.75, 3.05) is 14.1 Å². The van der Waals surface area contributed by atoms with Crippen molar-refractivity contribution in [3.63, 3.8) is 0 Å². The van der Waals surface area contributed by atoms with Gasteiger partial charge in [0.05, 0.1) is 5.92 Å². The van der Waals surface area contributed by atoms with E-state index in [9.17, 15) is 4.79 Å². The van der Waals surface area contributed by atoms with Crippen LogP contribution in [0.25, 0.3) is 0 Å². The van der Waals surface area contributed by atoms with Crippen LogP contribution in [0.3, 0.4) is 0 Å². The van der Waals surface area contributed by atoms with Crippen LogP contribution < -0.4 is 0 Å². The molecule has 0 heterocycles. The molecule has 3 heteroatoms. The number of rotatable bonds is 3. The number of ketones is 1. The molecule has 1 fully saturated rings. The molecule has 126 valence electrons. The van der Waals surface area contributed by atoms with Gasteiger partial charge in [-0.25, -0.2) is 0 Å². The average Bonchev–Trinajstić information content (AvgIpc) is 2.48. The molecule has 0 saturated heterocycles. The number of carbonyl (C=O) groups is 1. The molecule has 0 N–H and O–H groups in total. The molecule has 0 spiro atoms. The molecule has 24 heavy (non-hydrogen) atoms. The predicted molar refractivity (Wildman–Crippen MR) is 101 cm³/mol. The van der Waals surface area contributed by atoms with Crippen LogP contribution in [0.2, 0.25) is 5.02 Å². The first kappa shape index (κ1) is 18.4. The van der Waals surface area contributed by atoms with Gasteiger partial charge in [0.25, 0.3) is 0 Å². The van der Waals surface area contributed by atoms with E-state index in [4.69, 9.17) is 11.6 Å². The third-order valence-electron chi connectivity index (χ3n) is 4.63. The molecule has 0 aromatic heterocycles. The van der Waals surface area contributed by atoms with Crippen molar-refractivity contribution < 1.29 is 4.79 Å². The van der Waals surface area contributed by atoms with Gasteiger partial charge in [0, 0.05) is 42.7 Å². The van der Waals surface area contributed by atoms with E-state index in [2.05, 4.69) is 25.0 Å². The Morgan fingerprint density at radius 2 is 2.00 bits per heavy atom. The van der Waals surface area contributed by atoms with Crippen molar-refractivity contribution in [3.8, 4) is 11.8 Å². The molecule has 0 bridgehead atoms. The van der Waals surface area contributed by atoms with Gasteiger partial charge in [-0.2, -0.15) is 0 Å². The van der Waals surface area contributed by atoms with Gasteiger partial charge >= 0.3 is 0 Å². The number of benzene rings is 1. The van der Waals surface area contributed by atoms with Gasteiger partial charge in [-0.05, 0) is 43.5 Å². The lowest BCUT2D eigenvalue weighted by Crippen LogP contribution is -2.30. The van der Waals surface area contributed by atoms with Crippen molar-refractivity contribution in [2.45, 2.75) is 32.6 Å². The maximum atomic E-state index is 12.9. The monoisotopic (exact) mass is 341 g/mol. The maximum Gasteiger partial charge on any atom is 0.145 e. The first-order valence-electron chi connectivity index (χ1n) is 8.05. The summed E-state index contributed by atoms with van der Waals surface area (Å²) in [6.45, 7) is 12.1. The van der Waals surface area contributed by atoms with Crippen LogP contribution in [0.5, 0.6) is 0 Å². The Bertz CT molecular complexity index is 723. The Hall–Kier alpha value is -1.98. The molecule has 2 atom stereocenters. The van der Waals surface area contributed by atoms with Crippen LogP contribution >= 0.6 is 11.6 Å². The molecule has 0 radical (unpaired) electrons. The molecule has 2 rings (SSSR count). The topological polar surface area (TPSA) is 20.3 Å². The summed E-state index contributed by atoms with van der Waals surface area (Å²) in [6, 6.07) is 3.83. The normalized spacial score (nSPS) is 20.4. The van der Waals surface area contributed by atoms with Crippen LogP contribution in [-0.2, 0) is 4.79 Å².